The van der Waals surface area contributed by atoms with Gasteiger partial charge in [-0.15, -0.1) is 0 Å². The van der Waals surface area contributed by atoms with Crippen molar-refractivity contribution in [1.29, 1.82) is 0 Å². The van der Waals surface area contributed by atoms with Crippen molar-refractivity contribution < 1.29 is 18.6 Å². The summed E-state index contributed by atoms with van der Waals surface area (Å²) in [5, 5.41) is 0. The van der Waals surface area contributed by atoms with Crippen molar-refractivity contribution in [2.24, 2.45) is 0 Å². The standard InChI is InChI=1S/C21H31FO3/c1-3-13-21(22)14-24-20(25-15-21)18-7-5-16(6-8-18)17-9-11-19(12-10-17)23-4-2/h5-8,17,19-20H,3-4,9-15H2,1-2H3. The third kappa shape index (κ3) is 4.81. The van der Waals surface area contributed by atoms with Crippen LogP contribution in [0.3, 0.4) is 0 Å². The van der Waals surface area contributed by atoms with Gasteiger partial charge in [-0.25, -0.2) is 4.39 Å². The van der Waals surface area contributed by atoms with E-state index in [1.807, 2.05) is 6.92 Å². The van der Waals surface area contributed by atoms with Crippen LogP contribution in [0, 0.1) is 0 Å². The Labute approximate surface area is 150 Å². The second-order valence-electron chi connectivity index (χ2n) is 7.45. The molecule has 0 atom stereocenters. The molecule has 0 bridgehead atoms. The van der Waals surface area contributed by atoms with E-state index in [9.17, 15) is 4.39 Å². The number of benzene rings is 1. The molecule has 0 radical (unpaired) electrons. The summed E-state index contributed by atoms with van der Waals surface area (Å²) in [7, 11) is 0. The molecule has 25 heavy (non-hydrogen) atoms. The number of alkyl halides is 1. The van der Waals surface area contributed by atoms with Crippen LogP contribution < -0.4 is 0 Å². The molecule has 0 unspecified atom stereocenters. The molecule has 140 valence electrons. The zero-order chi connectivity index (χ0) is 17.7. The molecule has 1 heterocycles. The topological polar surface area (TPSA) is 27.7 Å². The number of hydrogen-bond donors (Lipinski definition) is 0. The molecule has 0 aromatic heterocycles. The first kappa shape index (κ1) is 18.8. The average molecular weight is 350 g/mol. The molecule has 2 fully saturated rings. The fourth-order valence-corrected chi connectivity index (χ4v) is 4.05. The van der Waals surface area contributed by atoms with E-state index >= 15 is 0 Å². The largest absolute Gasteiger partial charge is 0.379 e. The van der Waals surface area contributed by atoms with E-state index in [1.54, 1.807) is 0 Å². The molecule has 3 nitrogen and oxygen atoms in total. The van der Waals surface area contributed by atoms with Crippen LogP contribution in [-0.2, 0) is 14.2 Å². The Morgan fingerprint density at radius 2 is 1.60 bits per heavy atom. The Hall–Kier alpha value is -0.970. The lowest BCUT2D eigenvalue weighted by molar-refractivity contribution is -0.238. The van der Waals surface area contributed by atoms with E-state index in [0.29, 0.717) is 18.4 Å². The van der Waals surface area contributed by atoms with E-state index in [4.69, 9.17) is 14.2 Å². The first-order valence-electron chi connectivity index (χ1n) is 9.77. The van der Waals surface area contributed by atoms with Crippen molar-refractivity contribution in [2.75, 3.05) is 19.8 Å². The molecule has 1 aliphatic carbocycles. The minimum atomic E-state index is -1.33. The van der Waals surface area contributed by atoms with Gasteiger partial charge in [0.15, 0.2) is 12.0 Å². The van der Waals surface area contributed by atoms with E-state index < -0.39 is 12.0 Å². The van der Waals surface area contributed by atoms with Crippen LogP contribution >= 0.6 is 0 Å². The highest BCUT2D eigenvalue weighted by Crippen LogP contribution is 2.36. The molecule has 0 N–H and O–H groups in total. The molecule has 2 aliphatic rings. The highest BCUT2D eigenvalue weighted by molar-refractivity contribution is 5.26. The summed E-state index contributed by atoms with van der Waals surface area (Å²) in [6.07, 6.45) is 5.94. The Bertz CT molecular complexity index is 514. The van der Waals surface area contributed by atoms with Gasteiger partial charge in [0, 0.05) is 12.2 Å². The van der Waals surface area contributed by atoms with Gasteiger partial charge in [-0.3, -0.25) is 0 Å². The zero-order valence-electron chi connectivity index (χ0n) is 15.5. The summed E-state index contributed by atoms with van der Waals surface area (Å²) >= 11 is 0. The van der Waals surface area contributed by atoms with Crippen molar-refractivity contribution in [3.05, 3.63) is 35.4 Å². The van der Waals surface area contributed by atoms with E-state index in [2.05, 4.69) is 31.2 Å². The lowest BCUT2D eigenvalue weighted by atomic mass is 9.82. The third-order valence-electron chi connectivity index (χ3n) is 5.44. The van der Waals surface area contributed by atoms with Crippen molar-refractivity contribution in [2.45, 2.75) is 76.4 Å². The van der Waals surface area contributed by atoms with Gasteiger partial charge in [0.1, 0.15) is 0 Å². The number of halogens is 1. The normalized spacial score (nSPS) is 33.3. The van der Waals surface area contributed by atoms with Crippen LogP contribution in [0.15, 0.2) is 24.3 Å². The van der Waals surface area contributed by atoms with Crippen LogP contribution in [0.1, 0.15) is 75.7 Å². The van der Waals surface area contributed by atoms with Crippen LogP contribution in [0.25, 0.3) is 0 Å². The maximum absolute atomic E-state index is 14.4. The Kier molecular flexibility index (Phi) is 6.48. The fraction of sp³-hybridized carbons (Fsp3) is 0.714. The van der Waals surface area contributed by atoms with Gasteiger partial charge in [0.2, 0.25) is 0 Å². The highest BCUT2D eigenvalue weighted by atomic mass is 19.1. The summed E-state index contributed by atoms with van der Waals surface area (Å²) in [4.78, 5) is 0. The molecule has 0 spiro atoms. The second kappa shape index (κ2) is 8.61. The molecule has 1 aliphatic heterocycles. The highest BCUT2D eigenvalue weighted by Gasteiger charge is 2.36. The van der Waals surface area contributed by atoms with Gasteiger partial charge in [0.05, 0.1) is 19.3 Å². The van der Waals surface area contributed by atoms with Crippen molar-refractivity contribution in [3.63, 3.8) is 0 Å². The SMILES string of the molecule is CCCC1(F)COC(c2ccc(C3CCC(OCC)CC3)cc2)OC1. The predicted molar refractivity (Wildman–Crippen MR) is 96.5 cm³/mol. The Morgan fingerprint density at radius 1 is 1.00 bits per heavy atom. The van der Waals surface area contributed by atoms with Crippen LogP contribution in [0.5, 0.6) is 0 Å². The van der Waals surface area contributed by atoms with Crippen LogP contribution in [0.2, 0.25) is 0 Å². The summed E-state index contributed by atoms with van der Waals surface area (Å²) in [6.45, 7) is 5.09. The minimum Gasteiger partial charge on any atom is -0.379 e. The molecule has 1 aromatic carbocycles. The summed E-state index contributed by atoms with van der Waals surface area (Å²) in [5.74, 6) is 0.613. The average Bonchev–Trinajstić information content (AvgIpc) is 2.64. The van der Waals surface area contributed by atoms with E-state index in [0.717, 1.165) is 31.4 Å². The van der Waals surface area contributed by atoms with Crippen molar-refractivity contribution in [3.8, 4) is 0 Å². The summed E-state index contributed by atoms with van der Waals surface area (Å²) in [5.41, 5.74) is 1.02. The van der Waals surface area contributed by atoms with E-state index in [1.165, 1.54) is 18.4 Å². The summed E-state index contributed by atoms with van der Waals surface area (Å²) in [6, 6.07) is 8.49. The monoisotopic (exact) mass is 350 g/mol. The lowest BCUT2D eigenvalue weighted by Gasteiger charge is -2.34. The zero-order valence-corrected chi connectivity index (χ0v) is 15.5. The smallest absolute Gasteiger partial charge is 0.184 e. The van der Waals surface area contributed by atoms with Gasteiger partial charge in [-0.1, -0.05) is 37.6 Å². The van der Waals surface area contributed by atoms with Gasteiger partial charge < -0.3 is 14.2 Å². The van der Waals surface area contributed by atoms with Crippen LogP contribution in [-0.4, -0.2) is 31.6 Å². The van der Waals surface area contributed by atoms with Crippen molar-refractivity contribution in [1.82, 2.24) is 0 Å². The first-order valence-corrected chi connectivity index (χ1v) is 9.77. The third-order valence-corrected chi connectivity index (χ3v) is 5.44. The molecule has 3 rings (SSSR count). The predicted octanol–water partition coefficient (Wildman–Crippen LogP) is 5.30. The Morgan fingerprint density at radius 3 is 2.16 bits per heavy atom. The van der Waals surface area contributed by atoms with Crippen LogP contribution in [0.4, 0.5) is 4.39 Å². The van der Waals surface area contributed by atoms with E-state index in [-0.39, 0.29) is 13.2 Å². The van der Waals surface area contributed by atoms with Gasteiger partial charge in [-0.2, -0.15) is 0 Å². The fourth-order valence-electron chi connectivity index (χ4n) is 4.05. The minimum absolute atomic E-state index is 0.120. The Balaban J connectivity index is 1.53. The molecule has 1 aromatic rings. The van der Waals surface area contributed by atoms with Gasteiger partial charge in [0.25, 0.3) is 0 Å². The second-order valence-corrected chi connectivity index (χ2v) is 7.45. The van der Waals surface area contributed by atoms with Gasteiger partial charge in [-0.05, 0) is 50.5 Å². The van der Waals surface area contributed by atoms with Crippen molar-refractivity contribution >= 4 is 0 Å². The maximum atomic E-state index is 14.4. The lowest BCUT2D eigenvalue weighted by Crippen LogP contribution is -2.41. The molecule has 0 amide bonds. The van der Waals surface area contributed by atoms with Gasteiger partial charge >= 0.3 is 0 Å². The molecular weight excluding hydrogens is 319 g/mol. The number of ether oxygens (including phenoxy) is 3. The maximum Gasteiger partial charge on any atom is 0.184 e. The first-order chi connectivity index (χ1) is 12.1. The quantitative estimate of drug-likeness (QED) is 0.696. The number of rotatable bonds is 6. The number of hydrogen-bond acceptors (Lipinski definition) is 3. The summed E-state index contributed by atoms with van der Waals surface area (Å²) < 4.78 is 31.4. The molecule has 1 saturated heterocycles. The molecular formula is C21H31FO3. The molecule has 4 heteroatoms. The molecule has 1 saturated carbocycles.